The molecule has 11 heteroatoms. The van der Waals surface area contributed by atoms with E-state index in [9.17, 15) is 0 Å². The molecular formula is C124H88N6S5. The number of hydrogen-bond donors (Lipinski definition) is 6. The van der Waals surface area contributed by atoms with Gasteiger partial charge in [0.15, 0.2) is 0 Å². The minimum Gasteiger partial charge on any atom is -0.356 e. The molecule has 20 aromatic carbocycles. The Bertz CT molecular complexity index is 7850. The molecule has 0 atom stereocenters. The molecule has 0 saturated heterocycles. The van der Waals surface area contributed by atoms with E-state index in [1.165, 1.54) is 157 Å². The lowest BCUT2D eigenvalue weighted by atomic mass is 10.0. The molecule has 5 aromatic heterocycles. The molecule has 5 heterocycles. The zero-order chi connectivity index (χ0) is 90.0. The lowest BCUT2D eigenvalue weighted by molar-refractivity contribution is 1.53. The van der Waals surface area contributed by atoms with E-state index in [0.29, 0.717) is 0 Å². The van der Waals surface area contributed by atoms with Crippen molar-refractivity contribution in [2.45, 2.75) is 0 Å². The van der Waals surface area contributed by atoms with Gasteiger partial charge in [0.1, 0.15) is 0 Å². The molecule has 135 heavy (non-hydrogen) atoms. The number of rotatable bonds is 19. The largest absolute Gasteiger partial charge is 0.356 e. The van der Waals surface area contributed by atoms with Crippen molar-refractivity contribution >= 4 is 208 Å². The predicted molar refractivity (Wildman–Crippen MR) is 592 cm³/mol. The van der Waals surface area contributed by atoms with Crippen molar-refractivity contribution < 1.29 is 0 Å². The molecule has 25 aromatic rings. The maximum atomic E-state index is 3.57. The molecule has 0 amide bonds. The smallest absolute Gasteiger partial charge is 0.0463 e. The Morgan fingerprint density at radius 2 is 0.274 bits per heavy atom. The number of hydrogen-bond acceptors (Lipinski definition) is 11. The van der Waals surface area contributed by atoms with E-state index in [-0.39, 0.29) is 0 Å². The number of anilines is 12. The average Bonchev–Trinajstić information content (AvgIpc) is 1.72. The second kappa shape index (κ2) is 39.1. The highest BCUT2D eigenvalue weighted by Gasteiger charge is 2.14. The van der Waals surface area contributed by atoms with Crippen LogP contribution in [0.5, 0.6) is 0 Å². The third-order valence-corrected chi connectivity index (χ3v) is 30.1. The van der Waals surface area contributed by atoms with E-state index in [1.807, 2.05) is 56.7 Å². The SMILES string of the molecule is c1ccc2c(Nc3ccc(-c4ccc(Nc5cccc6ccccc56)cc4)cc3)cccc2c1.c1ccc2sc(-c3ccc(Nc4ccc(-c5cc6ccccc6s5)cc4)cc3)cc2c1.c1ccc2sc(-c3ccc(Nc4ccc(-c5ccc(Nc6ccc(-c7cc8ccccc8s7)cc6)cc5)cc4)cc3)cc2c1.c1ccc2sc(-c3ccc(Nc4cccc5ccccc45)cc3)cc2c1. The molecular weight excluding hydrogens is 1730 g/mol. The van der Waals surface area contributed by atoms with Gasteiger partial charge in [0.2, 0.25) is 0 Å². The highest BCUT2D eigenvalue weighted by molar-refractivity contribution is 7.23. The average molecular weight is 1820 g/mol. The minimum absolute atomic E-state index is 1.07. The molecule has 0 fully saturated rings. The van der Waals surface area contributed by atoms with Gasteiger partial charge in [-0.3, -0.25) is 0 Å². The Morgan fingerprint density at radius 1 is 0.119 bits per heavy atom. The maximum Gasteiger partial charge on any atom is 0.0463 e. The molecule has 0 bridgehead atoms. The number of thiophene rings is 5. The summed E-state index contributed by atoms with van der Waals surface area (Å²) in [7, 11) is 0. The lowest BCUT2D eigenvalue weighted by Crippen LogP contribution is -1.92. The van der Waals surface area contributed by atoms with Crippen LogP contribution in [0.25, 0.3) is 157 Å². The van der Waals surface area contributed by atoms with E-state index in [4.69, 9.17) is 0 Å². The molecule has 644 valence electrons. The van der Waals surface area contributed by atoms with Crippen molar-refractivity contribution in [2.24, 2.45) is 0 Å². The molecule has 6 nitrogen and oxygen atoms in total. The number of fused-ring (bicyclic) bond motifs is 8. The van der Waals surface area contributed by atoms with E-state index in [1.54, 1.807) is 0 Å². The monoisotopic (exact) mass is 1820 g/mol. The first-order valence-electron chi connectivity index (χ1n) is 45.2. The summed E-state index contributed by atoms with van der Waals surface area (Å²) in [5.41, 5.74) is 24.2. The van der Waals surface area contributed by atoms with E-state index >= 15 is 0 Å². The lowest BCUT2D eigenvalue weighted by Gasteiger charge is -2.12. The van der Waals surface area contributed by atoms with E-state index < -0.39 is 0 Å². The molecule has 0 aliphatic heterocycles. The third kappa shape index (κ3) is 19.6. The molecule has 25 rings (SSSR count). The summed E-state index contributed by atoms with van der Waals surface area (Å²) in [6.07, 6.45) is 0. The van der Waals surface area contributed by atoms with Crippen LogP contribution < -0.4 is 31.9 Å². The van der Waals surface area contributed by atoms with E-state index in [0.717, 1.165) is 68.2 Å². The molecule has 0 spiro atoms. The van der Waals surface area contributed by atoms with E-state index in [2.05, 4.69) is 529 Å². The van der Waals surface area contributed by atoms with Crippen LogP contribution in [0.4, 0.5) is 68.2 Å². The summed E-state index contributed by atoms with van der Waals surface area (Å²) in [6, 6.07) is 176. The Morgan fingerprint density at radius 3 is 0.467 bits per heavy atom. The Hall–Kier alpha value is -16.2. The van der Waals surface area contributed by atoms with Crippen molar-refractivity contribution in [1.82, 2.24) is 0 Å². The summed E-state index contributed by atoms with van der Waals surface area (Å²) in [4.78, 5) is 6.51. The van der Waals surface area contributed by atoms with Crippen LogP contribution in [0.1, 0.15) is 0 Å². The molecule has 0 radical (unpaired) electrons. The van der Waals surface area contributed by atoms with Gasteiger partial charge in [-0.15, -0.1) is 56.7 Å². The molecule has 0 aliphatic carbocycles. The van der Waals surface area contributed by atoms with Gasteiger partial charge in [-0.05, 0) is 281 Å². The summed E-state index contributed by atoms with van der Waals surface area (Å²) in [5, 5.41) is 35.2. The summed E-state index contributed by atoms with van der Waals surface area (Å²) >= 11 is 9.20. The van der Waals surface area contributed by atoms with Crippen LogP contribution in [-0.2, 0) is 0 Å². The van der Waals surface area contributed by atoms with Gasteiger partial charge in [0, 0.05) is 132 Å². The number of nitrogens with one attached hydrogen (secondary N) is 6. The summed E-state index contributed by atoms with van der Waals surface area (Å²) < 4.78 is 6.64. The van der Waals surface area contributed by atoms with Crippen molar-refractivity contribution in [1.29, 1.82) is 0 Å². The quantitative estimate of drug-likeness (QED) is 0.0485. The van der Waals surface area contributed by atoms with Gasteiger partial charge in [0.05, 0.1) is 0 Å². The molecule has 0 saturated carbocycles. The normalized spacial score (nSPS) is 11.1. The van der Waals surface area contributed by atoms with Crippen LogP contribution in [0.15, 0.2) is 497 Å². The molecule has 0 unspecified atom stereocenters. The number of benzene rings is 20. The second-order valence-electron chi connectivity index (χ2n) is 33.3. The standard InChI is InChI=1S/C40H28N2S2.C32H24N2.C28H19NS2.C24H17NS/c1-3-7-37-31(5-1)25-39(43-37)29-13-21-35(22-14-29)41-33-17-9-27(10-18-33)28-11-19-34(20-12-28)42-36-23-15-30(16-24-36)40-26-32-6-2-4-8-38(32)44-40;1-3-11-29-25(7-1)9-5-13-31(29)33-27-19-15-23(16-20-27)24-17-21-28(22-18-24)34-32-14-6-10-26-8-2-4-12-30(26)32;1-3-7-25-21(5-1)17-27(30-25)19-9-13-23(14-10-19)29-24-15-11-20(12-16-24)28-18-22-6-2-4-8-26(22)31-28;1-3-9-21-17(6-1)8-5-10-22(21)25-20-14-12-18(13-15-20)24-16-19-7-2-4-11-23(19)26-24/h1-26,41-42H;1-22,33-34H;1-18,29H;1-16,25H. The Labute approximate surface area is 804 Å². The van der Waals surface area contributed by atoms with Gasteiger partial charge < -0.3 is 31.9 Å². The first-order chi connectivity index (χ1) is 66.7. The van der Waals surface area contributed by atoms with Crippen LogP contribution in [-0.4, -0.2) is 0 Å². The zero-order valence-electron chi connectivity index (χ0n) is 73.4. The van der Waals surface area contributed by atoms with Crippen molar-refractivity contribution in [3.8, 4) is 74.5 Å². The molecule has 0 aliphatic rings. The topological polar surface area (TPSA) is 72.2 Å². The third-order valence-electron chi connectivity index (χ3n) is 24.3. The highest BCUT2D eigenvalue weighted by atomic mass is 32.1. The van der Waals surface area contributed by atoms with Gasteiger partial charge >= 0.3 is 0 Å². The van der Waals surface area contributed by atoms with Crippen LogP contribution in [0.3, 0.4) is 0 Å². The van der Waals surface area contributed by atoms with Crippen LogP contribution in [0, 0.1) is 0 Å². The zero-order valence-corrected chi connectivity index (χ0v) is 77.5. The predicted octanol–water partition coefficient (Wildman–Crippen LogP) is 38.4. The van der Waals surface area contributed by atoms with Crippen molar-refractivity contribution in [3.63, 3.8) is 0 Å². The first-order valence-corrected chi connectivity index (χ1v) is 49.3. The van der Waals surface area contributed by atoms with Crippen molar-refractivity contribution in [3.05, 3.63) is 497 Å². The fourth-order valence-corrected chi connectivity index (χ4v) is 22.5. The van der Waals surface area contributed by atoms with Crippen LogP contribution >= 0.6 is 56.7 Å². The van der Waals surface area contributed by atoms with Gasteiger partial charge in [-0.1, -0.05) is 309 Å². The van der Waals surface area contributed by atoms with Crippen molar-refractivity contribution in [2.75, 3.05) is 31.9 Å². The minimum atomic E-state index is 1.07. The fourth-order valence-electron chi connectivity index (χ4n) is 17.2. The maximum absolute atomic E-state index is 3.57. The van der Waals surface area contributed by atoms with Gasteiger partial charge in [-0.2, -0.15) is 0 Å². The highest BCUT2D eigenvalue weighted by Crippen LogP contribution is 2.43. The Kier molecular flexibility index (Phi) is 24.4. The van der Waals surface area contributed by atoms with Gasteiger partial charge in [-0.25, -0.2) is 0 Å². The second-order valence-corrected chi connectivity index (χ2v) is 38.7. The first kappa shape index (κ1) is 84.3. The van der Waals surface area contributed by atoms with Gasteiger partial charge in [0.25, 0.3) is 0 Å². The molecule has 6 N–H and O–H groups in total. The summed E-state index contributed by atoms with van der Waals surface area (Å²) in [6.45, 7) is 0. The fraction of sp³-hybridized carbons (Fsp3) is 0. The Balaban J connectivity index is 0.000000106. The van der Waals surface area contributed by atoms with Crippen LogP contribution in [0.2, 0.25) is 0 Å². The summed E-state index contributed by atoms with van der Waals surface area (Å²) in [5.74, 6) is 0.